The van der Waals surface area contributed by atoms with E-state index < -0.39 is 0 Å². The third-order valence-corrected chi connectivity index (χ3v) is 1.70. The zero-order chi connectivity index (χ0) is 8.55. The minimum atomic E-state index is -0.214. The van der Waals surface area contributed by atoms with E-state index in [1.165, 1.54) is 12.3 Å². The average Bonchev–Trinajstić information content (AvgIpc) is 2.61. The first kappa shape index (κ1) is 7.02. The fourth-order valence-electron chi connectivity index (χ4n) is 1.15. The number of rotatable bonds is 1. The van der Waals surface area contributed by atoms with Crippen molar-refractivity contribution in [3.8, 4) is 0 Å². The summed E-state index contributed by atoms with van der Waals surface area (Å²) in [6.07, 6.45) is 1.87. The van der Waals surface area contributed by atoms with Crippen LogP contribution < -0.4 is 4.90 Å². The summed E-state index contributed by atoms with van der Waals surface area (Å²) in [7, 11) is 0. The molecule has 1 aromatic rings. The lowest BCUT2D eigenvalue weighted by Crippen LogP contribution is -2.28. The Kier molecular flexibility index (Phi) is 1.43. The van der Waals surface area contributed by atoms with Crippen molar-refractivity contribution in [1.29, 1.82) is 0 Å². The Morgan fingerprint density at radius 2 is 2.00 bits per heavy atom. The predicted octanol–water partition coefficient (Wildman–Crippen LogP) is 0.328. The van der Waals surface area contributed by atoms with Gasteiger partial charge >= 0.3 is 0 Å². The molecule has 0 atom stereocenters. The molecular formula is C7H6N2O3. The quantitative estimate of drug-likeness (QED) is 0.564. The van der Waals surface area contributed by atoms with E-state index in [9.17, 15) is 9.59 Å². The highest BCUT2D eigenvalue weighted by Gasteiger charge is 2.31. The average molecular weight is 166 g/mol. The number of carbonyl (C=O) groups is 2. The molecule has 5 heteroatoms. The van der Waals surface area contributed by atoms with Crippen molar-refractivity contribution in [3.05, 3.63) is 12.3 Å². The van der Waals surface area contributed by atoms with Crippen LogP contribution in [0.2, 0.25) is 0 Å². The third-order valence-electron chi connectivity index (χ3n) is 1.70. The molecule has 0 radical (unpaired) electrons. The molecule has 2 rings (SSSR count). The van der Waals surface area contributed by atoms with Gasteiger partial charge in [0.15, 0.2) is 5.82 Å². The summed E-state index contributed by atoms with van der Waals surface area (Å²) < 4.78 is 4.53. The fraction of sp³-hybridized carbons (Fsp3) is 0.286. The molecule has 0 N–H and O–H groups in total. The molecule has 12 heavy (non-hydrogen) atoms. The van der Waals surface area contributed by atoms with Crippen molar-refractivity contribution in [2.45, 2.75) is 12.8 Å². The van der Waals surface area contributed by atoms with E-state index in [0.717, 1.165) is 4.90 Å². The van der Waals surface area contributed by atoms with E-state index in [2.05, 4.69) is 9.68 Å². The first-order valence-corrected chi connectivity index (χ1v) is 3.55. The number of amides is 2. The molecule has 0 saturated carbocycles. The number of hydrogen-bond acceptors (Lipinski definition) is 4. The van der Waals surface area contributed by atoms with Gasteiger partial charge < -0.3 is 4.52 Å². The molecule has 1 fully saturated rings. The molecule has 62 valence electrons. The van der Waals surface area contributed by atoms with Gasteiger partial charge in [-0.05, 0) is 0 Å². The van der Waals surface area contributed by atoms with Crippen molar-refractivity contribution >= 4 is 17.6 Å². The molecule has 2 heterocycles. The van der Waals surface area contributed by atoms with Gasteiger partial charge in [-0.2, -0.15) is 0 Å². The van der Waals surface area contributed by atoms with Crippen molar-refractivity contribution in [1.82, 2.24) is 5.16 Å². The summed E-state index contributed by atoms with van der Waals surface area (Å²) >= 11 is 0. The van der Waals surface area contributed by atoms with Crippen LogP contribution in [0.15, 0.2) is 16.9 Å². The van der Waals surface area contributed by atoms with Gasteiger partial charge in [-0.1, -0.05) is 5.16 Å². The highest BCUT2D eigenvalue weighted by atomic mass is 16.5. The van der Waals surface area contributed by atoms with Crippen LogP contribution in [0, 0.1) is 0 Å². The maximum atomic E-state index is 11.1. The van der Waals surface area contributed by atoms with E-state index in [1.54, 1.807) is 0 Å². The van der Waals surface area contributed by atoms with E-state index in [-0.39, 0.29) is 30.5 Å². The summed E-state index contributed by atoms with van der Waals surface area (Å²) in [5.74, 6) is -0.148. The number of nitrogens with zero attached hydrogens (tertiary/aromatic N) is 2. The molecule has 0 unspecified atom stereocenters. The summed E-state index contributed by atoms with van der Waals surface area (Å²) in [5.41, 5.74) is 0. The van der Waals surface area contributed by atoms with Crippen LogP contribution in [0.25, 0.3) is 0 Å². The van der Waals surface area contributed by atoms with Crippen LogP contribution in [-0.2, 0) is 9.59 Å². The number of hydrogen-bond donors (Lipinski definition) is 0. The lowest BCUT2D eigenvalue weighted by atomic mass is 10.4. The maximum absolute atomic E-state index is 11.1. The molecular weight excluding hydrogens is 160 g/mol. The van der Waals surface area contributed by atoms with Gasteiger partial charge in [0, 0.05) is 18.9 Å². The summed E-state index contributed by atoms with van der Waals surface area (Å²) in [5, 5.41) is 3.51. The molecule has 0 aliphatic carbocycles. The molecule has 1 aromatic heterocycles. The topological polar surface area (TPSA) is 63.4 Å². The zero-order valence-electron chi connectivity index (χ0n) is 6.19. The monoisotopic (exact) mass is 166 g/mol. The Labute approximate surface area is 67.9 Å². The Morgan fingerprint density at radius 1 is 1.33 bits per heavy atom. The maximum Gasteiger partial charge on any atom is 0.235 e. The molecule has 1 aliphatic heterocycles. The van der Waals surface area contributed by atoms with Crippen LogP contribution in [0.4, 0.5) is 5.82 Å². The Hall–Kier alpha value is -1.65. The molecule has 1 saturated heterocycles. The van der Waals surface area contributed by atoms with Crippen molar-refractivity contribution in [2.24, 2.45) is 0 Å². The van der Waals surface area contributed by atoms with Gasteiger partial charge in [-0.3, -0.25) is 9.59 Å². The fourth-order valence-corrected chi connectivity index (χ4v) is 1.15. The van der Waals surface area contributed by atoms with Crippen LogP contribution in [0.1, 0.15) is 12.8 Å². The third kappa shape index (κ3) is 0.903. The SMILES string of the molecule is O=C1CCC(=O)N1c1ccon1. The molecule has 0 bridgehead atoms. The van der Waals surface area contributed by atoms with Crippen molar-refractivity contribution in [2.75, 3.05) is 4.90 Å². The van der Waals surface area contributed by atoms with Crippen molar-refractivity contribution < 1.29 is 14.1 Å². The minimum Gasteiger partial charge on any atom is -0.363 e. The second kappa shape index (κ2) is 2.44. The van der Waals surface area contributed by atoms with Gasteiger partial charge in [0.05, 0.1) is 0 Å². The second-order valence-corrected chi connectivity index (χ2v) is 2.48. The van der Waals surface area contributed by atoms with E-state index >= 15 is 0 Å². The van der Waals surface area contributed by atoms with Gasteiger partial charge in [0.2, 0.25) is 11.8 Å². The standard InChI is InChI=1S/C7H6N2O3/c10-6-1-2-7(11)9(6)5-3-4-12-8-5/h3-4H,1-2H2. The summed E-state index contributed by atoms with van der Waals surface area (Å²) in [6.45, 7) is 0. The first-order chi connectivity index (χ1) is 5.79. The first-order valence-electron chi connectivity index (χ1n) is 3.55. The van der Waals surface area contributed by atoms with Gasteiger partial charge in [-0.25, -0.2) is 4.90 Å². The number of aromatic nitrogens is 1. The molecule has 1 aliphatic rings. The molecule has 0 spiro atoms. The zero-order valence-corrected chi connectivity index (χ0v) is 6.19. The Balaban J connectivity index is 2.34. The number of carbonyl (C=O) groups excluding carboxylic acids is 2. The highest BCUT2D eigenvalue weighted by Crippen LogP contribution is 2.19. The van der Waals surface area contributed by atoms with Gasteiger partial charge in [-0.15, -0.1) is 0 Å². The molecule has 5 nitrogen and oxygen atoms in total. The van der Waals surface area contributed by atoms with Gasteiger partial charge in [0.1, 0.15) is 6.26 Å². The van der Waals surface area contributed by atoms with Gasteiger partial charge in [0.25, 0.3) is 0 Å². The van der Waals surface area contributed by atoms with E-state index in [1.807, 2.05) is 0 Å². The lowest BCUT2D eigenvalue weighted by molar-refractivity contribution is -0.121. The minimum absolute atomic E-state index is 0.214. The molecule has 0 aromatic carbocycles. The number of anilines is 1. The predicted molar refractivity (Wildman–Crippen MR) is 38.2 cm³/mol. The van der Waals surface area contributed by atoms with Crippen molar-refractivity contribution in [3.63, 3.8) is 0 Å². The van der Waals surface area contributed by atoms with Crippen LogP contribution in [-0.4, -0.2) is 17.0 Å². The highest BCUT2D eigenvalue weighted by molar-refractivity contribution is 6.19. The van der Waals surface area contributed by atoms with E-state index in [0.29, 0.717) is 0 Å². The van der Waals surface area contributed by atoms with Crippen LogP contribution in [0.5, 0.6) is 0 Å². The smallest absolute Gasteiger partial charge is 0.235 e. The summed E-state index contributed by atoms with van der Waals surface area (Å²) in [6, 6.07) is 1.49. The van der Waals surface area contributed by atoms with Crippen LogP contribution >= 0.6 is 0 Å². The Bertz CT molecular complexity index is 301. The Morgan fingerprint density at radius 3 is 2.50 bits per heavy atom. The second-order valence-electron chi connectivity index (χ2n) is 2.48. The normalized spacial score (nSPS) is 17.5. The largest absolute Gasteiger partial charge is 0.363 e. The summed E-state index contributed by atoms with van der Waals surface area (Å²) in [4.78, 5) is 23.3. The lowest BCUT2D eigenvalue weighted by Gasteiger charge is -2.07. The van der Waals surface area contributed by atoms with Crippen LogP contribution in [0.3, 0.4) is 0 Å². The van der Waals surface area contributed by atoms with E-state index in [4.69, 9.17) is 0 Å². The number of imide groups is 1. The molecule has 2 amide bonds.